The summed E-state index contributed by atoms with van der Waals surface area (Å²) in [6.45, 7) is 0. The largest absolute Gasteiger partial charge is 0.258 e. The van der Waals surface area contributed by atoms with E-state index in [-0.39, 0.29) is 0 Å². The standard InChI is InChI=1S/C10H6ClN5/c11-9-5-12-6-10(13-9)16-8-4-2-1-3-7(8)14-15-16/h1-6H. The minimum atomic E-state index is 0.331. The van der Waals surface area contributed by atoms with Crippen LogP contribution < -0.4 is 0 Å². The van der Waals surface area contributed by atoms with Crippen molar-refractivity contribution in [2.24, 2.45) is 0 Å². The molecule has 0 aliphatic carbocycles. The molecule has 0 aliphatic heterocycles. The number of hydrogen-bond donors (Lipinski definition) is 0. The average molecular weight is 232 g/mol. The molecule has 0 radical (unpaired) electrons. The van der Waals surface area contributed by atoms with Crippen LogP contribution in [0.3, 0.4) is 0 Å². The van der Waals surface area contributed by atoms with Gasteiger partial charge < -0.3 is 0 Å². The third-order valence-corrected chi connectivity index (χ3v) is 2.34. The molecule has 2 heterocycles. The first-order valence-electron chi connectivity index (χ1n) is 4.63. The maximum atomic E-state index is 5.78. The van der Waals surface area contributed by atoms with Gasteiger partial charge in [0.2, 0.25) is 0 Å². The van der Waals surface area contributed by atoms with Crippen molar-refractivity contribution >= 4 is 22.6 Å². The Morgan fingerprint density at radius 2 is 2.00 bits per heavy atom. The Balaban J connectivity index is 2.26. The van der Waals surface area contributed by atoms with Crippen molar-refractivity contribution in [1.82, 2.24) is 25.0 Å². The molecule has 0 spiro atoms. The molecule has 0 amide bonds. The number of para-hydroxylation sites is 1. The van der Waals surface area contributed by atoms with Crippen molar-refractivity contribution in [1.29, 1.82) is 0 Å². The lowest BCUT2D eigenvalue weighted by Gasteiger charge is -1.99. The summed E-state index contributed by atoms with van der Waals surface area (Å²) in [4.78, 5) is 8.09. The lowest BCUT2D eigenvalue weighted by atomic mass is 10.3. The lowest BCUT2D eigenvalue weighted by Crippen LogP contribution is -2.00. The number of rotatable bonds is 1. The summed E-state index contributed by atoms with van der Waals surface area (Å²) in [5.74, 6) is 0.557. The molecule has 16 heavy (non-hydrogen) atoms. The number of nitrogens with zero attached hydrogens (tertiary/aromatic N) is 5. The molecule has 1 aromatic carbocycles. The summed E-state index contributed by atoms with van der Waals surface area (Å²) in [5.41, 5.74) is 1.68. The second kappa shape index (κ2) is 3.53. The molecule has 78 valence electrons. The van der Waals surface area contributed by atoms with E-state index in [1.54, 1.807) is 10.9 Å². The molecule has 0 saturated heterocycles. The van der Waals surface area contributed by atoms with Crippen LogP contribution >= 0.6 is 11.6 Å². The first-order valence-corrected chi connectivity index (χ1v) is 5.01. The van der Waals surface area contributed by atoms with E-state index in [1.807, 2.05) is 24.3 Å². The van der Waals surface area contributed by atoms with Gasteiger partial charge in [0.15, 0.2) is 5.82 Å². The number of fused-ring (bicyclic) bond motifs is 1. The van der Waals surface area contributed by atoms with Gasteiger partial charge in [0.05, 0.1) is 17.9 Å². The molecule has 2 aromatic heterocycles. The highest BCUT2D eigenvalue weighted by Gasteiger charge is 2.07. The van der Waals surface area contributed by atoms with Crippen LogP contribution in [0.5, 0.6) is 0 Å². The predicted molar refractivity (Wildman–Crippen MR) is 59.5 cm³/mol. The van der Waals surface area contributed by atoms with Gasteiger partial charge in [0.1, 0.15) is 10.7 Å². The van der Waals surface area contributed by atoms with E-state index in [0.717, 1.165) is 11.0 Å². The zero-order chi connectivity index (χ0) is 11.0. The van der Waals surface area contributed by atoms with Gasteiger partial charge in [-0.1, -0.05) is 28.9 Å². The van der Waals surface area contributed by atoms with Crippen molar-refractivity contribution in [3.63, 3.8) is 0 Å². The minimum Gasteiger partial charge on any atom is -0.258 e. The van der Waals surface area contributed by atoms with Crippen LogP contribution in [0.4, 0.5) is 0 Å². The molecular formula is C10H6ClN5. The molecule has 0 atom stereocenters. The van der Waals surface area contributed by atoms with Crippen LogP contribution in [0, 0.1) is 0 Å². The van der Waals surface area contributed by atoms with Gasteiger partial charge in [-0.25, -0.2) is 4.98 Å². The average Bonchev–Trinajstić information content (AvgIpc) is 2.72. The molecule has 0 aliphatic rings. The molecule has 0 saturated carbocycles. The molecule has 0 N–H and O–H groups in total. The zero-order valence-corrected chi connectivity index (χ0v) is 8.83. The fourth-order valence-corrected chi connectivity index (χ4v) is 1.62. The van der Waals surface area contributed by atoms with Crippen molar-refractivity contribution in [2.45, 2.75) is 0 Å². The Labute approximate surface area is 95.7 Å². The molecule has 3 aromatic rings. The van der Waals surface area contributed by atoms with Crippen LogP contribution in [0.15, 0.2) is 36.7 Å². The molecule has 6 heteroatoms. The van der Waals surface area contributed by atoms with Crippen molar-refractivity contribution < 1.29 is 0 Å². The van der Waals surface area contributed by atoms with Crippen LogP contribution in [-0.4, -0.2) is 25.0 Å². The van der Waals surface area contributed by atoms with E-state index in [0.29, 0.717) is 11.0 Å². The Morgan fingerprint density at radius 3 is 2.88 bits per heavy atom. The van der Waals surface area contributed by atoms with E-state index < -0.39 is 0 Å². The third-order valence-electron chi connectivity index (χ3n) is 2.16. The summed E-state index contributed by atoms with van der Waals surface area (Å²) >= 11 is 5.78. The summed E-state index contributed by atoms with van der Waals surface area (Å²) in [6.07, 6.45) is 3.07. The predicted octanol–water partition coefficient (Wildman–Crippen LogP) is 1.86. The molecule has 0 bridgehead atoms. The number of benzene rings is 1. The van der Waals surface area contributed by atoms with E-state index >= 15 is 0 Å². The van der Waals surface area contributed by atoms with E-state index in [2.05, 4.69) is 20.3 Å². The Hall–Kier alpha value is -2.01. The number of hydrogen-bond acceptors (Lipinski definition) is 4. The normalized spacial score (nSPS) is 10.8. The number of halogens is 1. The fourth-order valence-electron chi connectivity index (χ4n) is 1.47. The van der Waals surface area contributed by atoms with Crippen LogP contribution in [0.25, 0.3) is 16.9 Å². The van der Waals surface area contributed by atoms with Gasteiger partial charge in [-0.3, -0.25) is 4.98 Å². The second-order valence-electron chi connectivity index (χ2n) is 3.19. The monoisotopic (exact) mass is 231 g/mol. The molecule has 3 rings (SSSR count). The van der Waals surface area contributed by atoms with Gasteiger partial charge in [-0.05, 0) is 12.1 Å². The second-order valence-corrected chi connectivity index (χ2v) is 3.58. The van der Waals surface area contributed by atoms with Crippen LogP contribution in [0.1, 0.15) is 0 Å². The first-order chi connectivity index (χ1) is 7.84. The van der Waals surface area contributed by atoms with Gasteiger partial charge in [-0.15, -0.1) is 5.10 Å². The lowest BCUT2D eigenvalue weighted by molar-refractivity contribution is 0.796. The molecular weight excluding hydrogens is 226 g/mol. The van der Waals surface area contributed by atoms with E-state index in [4.69, 9.17) is 11.6 Å². The van der Waals surface area contributed by atoms with Crippen molar-refractivity contribution in [3.05, 3.63) is 41.8 Å². The molecule has 0 fully saturated rings. The Kier molecular flexibility index (Phi) is 2.04. The molecule has 5 nitrogen and oxygen atoms in total. The van der Waals surface area contributed by atoms with Gasteiger partial charge in [-0.2, -0.15) is 4.68 Å². The minimum absolute atomic E-state index is 0.331. The van der Waals surface area contributed by atoms with Crippen molar-refractivity contribution in [2.75, 3.05) is 0 Å². The van der Waals surface area contributed by atoms with E-state index in [1.165, 1.54) is 6.20 Å². The van der Waals surface area contributed by atoms with Gasteiger partial charge in [0, 0.05) is 0 Å². The van der Waals surface area contributed by atoms with Gasteiger partial charge in [0.25, 0.3) is 0 Å². The summed E-state index contributed by atoms with van der Waals surface area (Å²) in [6, 6.07) is 7.62. The van der Waals surface area contributed by atoms with Crippen LogP contribution in [0.2, 0.25) is 5.15 Å². The summed E-state index contributed by atoms with van der Waals surface area (Å²) in [7, 11) is 0. The highest BCUT2D eigenvalue weighted by atomic mass is 35.5. The SMILES string of the molecule is Clc1cncc(-n2nnc3ccccc32)n1. The quantitative estimate of drug-likeness (QED) is 0.642. The third kappa shape index (κ3) is 1.42. The smallest absolute Gasteiger partial charge is 0.175 e. The maximum Gasteiger partial charge on any atom is 0.175 e. The van der Waals surface area contributed by atoms with E-state index in [9.17, 15) is 0 Å². The summed E-state index contributed by atoms with van der Waals surface area (Å²) < 4.78 is 1.61. The topological polar surface area (TPSA) is 56.5 Å². The zero-order valence-electron chi connectivity index (χ0n) is 8.08. The molecule has 0 unspecified atom stereocenters. The Morgan fingerprint density at radius 1 is 1.12 bits per heavy atom. The first kappa shape index (κ1) is 9.23. The van der Waals surface area contributed by atoms with Gasteiger partial charge >= 0.3 is 0 Å². The van der Waals surface area contributed by atoms with Crippen LogP contribution in [-0.2, 0) is 0 Å². The maximum absolute atomic E-state index is 5.78. The Bertz CT molecular complexity index is 648. The summed E-state index contributed by atoms with van der Waals surface area (Å²) in [5, 5.41) is 8.37. The number of aromatic nitrogens is 5. The fraction of sp³-hybridized carbons (Fsp3) is 0. The van der Waals surface area contributed by atoms with Crippen molar-refractivity contribution in [3.8, 4) is 5.82 Å². The highest BCUT2D eigenvalue weighted by molar-refractivity contribution is 6.29. The highest BCUT2D eigenvalue weighted by Crippen LogP contribution is 2.14.